The fourth-order valence-corrected chi connectivity index (χ4v) is 2.88. The zero-order chi connectivity index (χ0) is 12.5. The molecule has 0 unspecified atom stereocenters. The van der Waals surface area contributed by atoms with E-state index < -0.39 is 0 Å². The van der Waals surface area contributed by atoms with Gasteiger partial charge in [0.25, 0.3) is 5.56 Å². The van der Waals surface area contributed by atoms with Crippen molar-refractivity contribution in [2.45, 2.75) is 11.5 Å². The summed E-state index contributed by atoms with van der Waals surface area (Å²) in [6.45, 7) is 0. The summed E-state index contributed by atoms with van der Waals surface area (Å²) in [5.41, 5.74) is 2.42. The molecule has 2 aromatic heterocycles. The first-order valence-corrected chi connectivity index (χ1v) is 6.63. The van der Waals surface area contributed by atoms with Gasteiger partial charge in [-0.25, -0.2) is 9.97 Å². The van der Waals surface area contributed by atoms with Crippen LogP contribution in [0.3, 0.4) is 0 Å². The minimum atomic E-state index is -0.0455. The summed E-state index contributed by atoms with van der Waals surface area (Å²) >= 11 is 1.71. The number of thioether (sulfide) groups is 1. The second-order valence-corrected chi connectivity index (χ2v) is 4.91. The molecule has 0 bridgehead atoms. The topological polar surface area (TPSA) is 67.9 Å². The van der Waals surface area contributed by atoms with Crippen LogP contribution in [0, 0.1) is 0 Å². The second kappa shape index (κ2) is 4.45. The highest BCUT2D eigenvalue weighted by Crippen LogP contribution is 2.26. The lowest BCUT2D eigenvalue weighted by Crippen LogP contribution is -2.15. The van der Waals surface area contributed by atoms with E-state index in [0.717, 1.165) is 28.3 Å². The van der Waals surface area contributed by atoms with Gasteiger partial charge in [-0.3, -0.25) is 4.79 Å². The average Bonchev–Trinajstić information content (AvgIpc) is 2.88. The molecular formula is C12H11N3O2S. The van der Waals surface area contributed by atoms with Crippen LogP contribution in [0.1, 0.15) is 11.3 Å². The Morgan fingerprint density at radius 3 is 3.00 bits per heavy atom. The predicted octanol–water partition coefficient (Wildman–Crippen LogP) is 1.59. The third kappa shape index (κ3) is 1.88. The van der Waals surface area contributed by atoms with E-state index in [4.69, 9.17) is 4.74 Å². The fraction of sp³-hybridized carbons (Fsp3) is 0.250. The third-order valence-corrected chi connectivity index (χ3v) is 3.78. The Hall–Kier alpha value is -1.82. The summed E-state index contributed by atoms with van der Waals surface area (Å²) in [6.07, 6.45) is 1.64. The van der Waals surface area contributed by atoms with Crippen molar-refractivity contribution in [1.29, 1.82) is 0 Å². The lowest BCUT2D eigenvalue weighted by Gasteiger charge is -2.04. The van der Waals surface area contributed by atoms with Gasteiger partial charge in [0.15, 0.2) is 0 Å². The number of fused-ring (bicyclic) bond motifs is 1. The maximum absolute atomic E-state index is 11.9. The number of nitrogens with one attached hydrogen (secondary N) is 1. The number of rotatable bonds is 2. The maximum atomic E-state index is 11.9. The van der Waals surface area contributed by atoms with Crippen molar-refractivity contribution in [3.8, 4) is 17.3 Å². The van der Waals surface area contributed by atoms with Crippen LogP contribution in [-0.4, -0.2) is 22.1 Å². The van der Waals surface area contributed by atoms with Crippen molar-refractivity contribution in [3.63, 3.8) is 0 Å². The van der Waals surface area contributed by atoms with Crippen molar-refractivity contribution >= 4 is 11.8 Å². The molecule has 0 aromatic carbocycles. The molecule has 18 heavy (non-hydrogen) atoms. The van der Waals surface area contributed by atoms with Gasteiger partial charge in [-0.05, 0) is 6.07 Å². The molecular weight excluding hydrogens is 250 g/mol. The Labute approximate surface area is 108 Å². The molecule has 1 aliphatic rings. The molecule has 0 fully saturated rings. The standard InChI is InChI=1S/C12H11N3O2S/c1-17-10-3-2-7(4-13-10)11-14-9-6-18-5-8(9)12(16)15-11/h2-4H,5-6H2,1H3,(H,14,15,16). The number of ether oxygens (including phenoxy) is 1. The molecule has 0 saturated carbocycles. The number of H-pyrrole nitrogens is 1. The van der Waals surface area contributed by atoms with Crippen molar-refractivity contribution in [2.75, 3.05) is 7.11 Å². The fourth-order valence-electron chi connectivity index (χ4n) is 1.84. The number of nitrogens with zero attached hydrogens (tertiary/aromatic N) is 2. The highest BCUT2D eigenvalue weighted by atomic mass is 32.2. The molecule has 0 spiro atoms. The molecule has 1 aliphatic heterocycles. The summed E-state index contributed by atoms with van der Waals surface area (Å²) in [4.78, 5) is 23.3. The third-order valence-electron chi connectivity index (χ3n) is 2.81. The monoisotopic (exact) mass is 261 g/mol. The summed E-state index contributed by atoms with van der Waals surface area (Å²) in [5, 5.41) is 0. The highest BCUT2D eigenvalue weighted by molar-refractivity contribution is 7.98. The number of aromatic amines is 1. The molecule has 0 saturated heterocycles. The summed E-state index contributed by atoms with van der Waals surface area (Å²) in [7, 11) is 1.56. The number of pyridine rings is 1. The van der Waals surface area contributed by atoms with Gasteiger partial charge >= 0.3 is 0 Å². The van der Waals surface area contributed by atoms with E-state index >= 15 is 0 Å². The van der Waals surface area contributed by atoms with Crippen LogP contribution in [0.5, 0.6) is 5.88 Å². The Kier molecular flexibility index (Phi) is 2.79. The molecule has 3 heterocycles. The number of hydrogen-bond donors (Lipinski definition) is 1. The molecule has 0 radical (unpaired) electrons. The van der Waals surface area contributed by atoms with E-state index in [1.807, 2.05) is 6.07 Å². The van der Waals surface area contributed by atoms with Gasteiger partial charge in [0.05, 0.1) is 12.8 Å². The van der Waals surface area contributed by atoms with Gasteiger partial charge in [-0.2, -0.15) is 11.8 Å². The Balaban J connectivity index is 2.06. The first kappa shape index (κ1) is 11.3. The Morgan fingerprint density at radius 1 is 1.39 bits per heavy atom. The van der Waals surface area contributed by atoms with Gasteiger partial charge < -0.3 is 9.72 Å². The largest absolute Gasteiger partial charge is 0.481 e. The maximum Gasteiger partial charge on any atom is 0.255 e. The van der Waals surface area contributed by atoms with E-state index in [1.54, 1.807) is 31.1 Å². The molecule has 92 valence electrons. The molecule has 1 N–H and O–H groups in total. The quantitative estimate of drug-likeness (QED) is 0.889. The van der Waals surface area contributed by atoms with Gasteiger partial charge in [-0.15, -0.1) is 0 Å². The summed E-state index contributed by atoms with van der Waals surface area (Å²) in [6, 6.07) is 3.58. The lowest BCUT2D eigenvalue weighted by molar-refractivity contribution is 0.398. The van der Waals surface area contributed by atoms with Crippen LogP contribution in [0.15, 0.2) is 23.1 Å². The zero-order valence-electron chi connectivity index (χ0n) is 9.77. The predicted molar refractivity (Wildman–Crippen MR) is 69.6 cm³/mol. The average molecular weight is 261 g/mol. The van der Waals surface area contributed by atoms with E-state index in [2.05, 4.69) is 15.0 Å². The second-order valence-electron chi connectivity index (χ2n) is 3.92. The molecule has 3 rings (SSSR count). The molecule has 0 atom stereocenters. The SMILES string of the molecule is COc1ccc(-c2nc3c(c(=O)[nH]2)CSC3)cn1. The summed E-state index contributed by atoms with van der Waals surface area (Å²) < 4.78 is 5.00. The molecule has 5 nitrogen and oxygen atoms in total. The number of methoxy groups -OCH3 is 1. The van der Waals surface area contributed by atoms with E-state index in [1.165, 1.54) is 0 Å². The van der Waals surface area contributed by atoms with E-state index in [9.17, 15) is 4.79 Å². The van der Waals surface area contributed by atoms with Crippen LogP contribution < -0.4 is 10.3 Å². The Morgan fingerprint density at radius 2 is 2.28 bits per heavy atom. The summed E-state index contributed by atoms with van der Waals surface area (Å²) in [5.74, 6) is 2.66. The van der Waals surface area contributed by atoms with Crippen LogP contribution in [0.2, 0.25) is 0 Å². The Bertz CT molecular complexity index is 637. The van der Waals surface area contributed by atoms with Crippen molar-refractivity contribution in [2.24, 2.45) is 0 Å². The van der Waals surface area contributed by atoms with Crippen LogP contribution in [-0.2, 0) is 11.5 Å². The van der Waals surface area contributed by atoms with E-state index in [-0.39, 0.29) is 5.56 Å². The van der Waals surface area contributed by atoms with Crippen molar-refractivity contribution < 1.29 is 4.74 Å². The highest BCUT2D eigenvalue weighted by Gasteiger charge is 2.18. The van der Waals surface area contributed by atoms with Crippen LogP contribution in [0.25, 0.3) is 11.4 Å². The van der Waals surface area contributed by atoms with E-state index in [0.29, 0.717) is 11.7 Å². The minimum absolute atomic E-state index is 0.0455. The van der Waals surface area contributed by atoms with Gasteiger partial charge in [0.2, 0.25) is 5.88 Å². The molecule has 6 heteroatoms. The van der Waals surface area contributed by atoms with Gasteiger partial charge in [0.1, 0.15) is 5.82 Å². The number of hydrogen-bond acceptors (Lipinski definition) is 5. The normalized spacial score (nSPS) is 13.4. The van der Waals surface area contributed by atoms with Gasteiger partial charge in [-0.1, -0.05) is 0 Å². The molecule has 0 aliphatic carbocycles. The van der Waals surface area contributed by atoms with Crippen molar-refractivity contribution in [3.05, 3.63) is 39.9 Å². The zero-order valence-corrected chi connectivity index (χ0v) is 10.6. The molecule has 0 amide bonds. The van der Waals surface area contributed by atoms with Gasteiger partial charge in [0, 0.05) is 34.9 Å². The van der Waals surface area contributed by atoms with Crippen molar-refractivity contribution in [1.82, 2.24) is 15.0 Å². The lowest BCUT2D eigenvalue weighted by atomic mass is 10.2. The number of aromatic nitrogens is 3. The first-order valence-electron chi connectivity index (χ1n) is 5.48. The smallest absolute Gasteiger partial charge is 0.255 e. The van der Waals surface area contributed by atoms with Crippen LogP contribution in [0.4, 0.5) is 0 Å². The minimum Gasteiger partial charge on any atom is -0.481 e. The first-order chi connectivity index (χ1) is 8.78. The van der Waals surface area contributed by atoms with Crippen LogP contribution >= 0.6 is 11.8 Å². The molecule has 2 aromatic rings.